The molecular formula is C13H27ClN2. The third-order valence-electron chi connectivity index (χ3n) is 3.54. The first kappa shape index (κ1) is 14.3. The number of hydrogen-bond donors (Lipinski definition) is 1. The van der Waals surface area contributed by atoms with Gasteiger partial charge in [0, 0.05) is 18.0 Å². The highest BCUT2D eigenvalue weighted by atomic mass is 35.5. The van der Waals surface area contributed by atoms with E-state index in [0.717, 1.165) is 25.6 Å². The Morgan fingerprint density at radius 3 is 2.94 bits per heavy atom. The first-order chi connectivity index (χ1) is 7.74. The van der Waals surface area contributed by atoms with Crippen molar-refractivity contribution in [3.8, 4) is 0 Å². The van der Waals surface area contributed by atoms with Crippen LogP contribution in [-0.2, 0) is 0 Å². The van der Waals surface area contributed by atoms with Gasteiger partial charge in [0.2, 0.25) is 0 Å². The Kier molecular flexibility index (Phi) is 7.42. The van der Waals surface area contributed by atoms with Gasteiger partial charge in [-0.3, -0.25) is 0 Å². The summed E-state index contributed by atoms with van der Waals surface area (Å²) in [5, 5.41) is 3.79. The fourth-order valence-corrected chi connectivity index (χ4v) is 2.78. The van der Waals surface area contributed by atoms with Crippen LogP contribution in [0.15, 0.2) is 0 Å². The molecule has 1 fully saturated rings. The van der Waals surface area contributed by atoms with Gasteiger partial charge in [0.25, 0.3) is 0 Å². The largest absolute Gasteiger partial charge is 0.315 e. The second-order valence-electron chi connectivity index (χ2n) is 5.01. The number of rotatable bonds is 7. The summed E-state index contributed by atoms with van der Waals surface area (Å²) in [5.41, 5.74) is 0. The molecule has 1 aliphatic heterocycles. The standard InChI is InChI=1S/C13H27ClN2/c1-3-6-12(14)11-15-9-8-13-7-4-5-10-16(13)2/h12-13,15H,3-11H2,1-2H3. The Balaban J connectivity index is 2.01. The van der Waals surface area contributed by atoms with E-state index in [1.165, 1.54) is 38.6 Å². The Morgan fingerprint density at radius 2 is 2.25 bits per heavy atom. The van der Waals surface area contributed by atoms with Crippen molar-refractivity contribution in [1.29, 1.82) is 0 Å². The minimum Gasteiger partial charge on any atom is -0.315 e. The monoisotopic (exact) mass is 246 g/mol. The van der Waals surface area contributed by atoms with Gasteiger partial charge in [-0.1, -0.05) is 19.8 Å². The molecule has 1 rings (SSSR count). The van der Waals surface area contributed by atoms with E-state index in [9.17, 15) is 0 Å². The van der Waals surface area contributed by atoms with Crippen LogP contribution in [0.1, 0.15) is 45.4 Å². The van der Waals surface area contributed by atoms with Crippen LogP contribution in [0.25, 0.3) is 0 Å². The van der Waals surface area contributed by atoms with Crippen LogP contribution < -0.4 is 5.32 Å². The second kappa shape index (κ2) is 8.32. The molecule has 0 aromatic carbocycles. The lowest BCUT2D eigenvalue weighted by Crippen LogP contribution is -2.38. The van der Waals surface area contributed by atoms with E-state index < -0.39 is 0 Å². The molecule has 0 spiro atoms. The van der Waals surface area contributed by atoms with Gasteiger partial charge >= 0.3 is 0 Å². The summed E-state index contributed by atoms with van der Waals surface area (Å²) < 4.78 is 0. The van der Waals surface area contributed by atoms with Crippen molar-refractivity contribution in [3.05, 3.63) is 0 Å². The van der Waals surface area contributed by atoms with Crippen LogP contribution in [0, 0.1) is 0 Å². The molecule has 1 N–H and O–H groups in total. The van der Waals surface area contributed by atoms with Crippen molar-refractivity contribution in [2.24, 2.45) is 0 Å². The Bertz CT molecular complexity index is 175. The molecule has 1 heterocycles. The molecule has 3 heteroatoms. The number of alkyl halides is 1. The van der Waals surface area contributed by atoms with Gasteiger partial charge in [0.15, 0.2) is 0 Å². The van der Waals surface area contributed by atoms with Crippen molar-refractivity contribution in [3.63, 3.8) is 0 Å². The van der Waals surface area contributed by atoms with Crippen molar-refractivity contribution in [2.75, 3.05) is 26.7 Å². The number of likely N-dealkylation sites (tertiary alicyclic amines) is 1. The fourth-order valence-electron chi connectivity index (χ4n) is 2.45. The highest BCUT2D eigenvalue weighted by Crippen LogP contribution is 2.17. The lowest BCUT2D eigenvalue weighted by Gasteiger charge is -2.32. The number of hydrogen-bond acceptors (Lipinski definition) is 2. The average Bonchev–Trinajstić information content (AvgIpc) is 2.27. The van der Waals surface area contributed by atoms with Crippen LogP contribution >= 0.6 is 11.6 Å². The number of halogens is 1. The third kappa shape index (κ3) is 5.51. The van der Waals surface area contributed by atoms with Gasteiger partial charge < -0.3 is 10.2 Å². The van der Waals surface area contributed by atoms with E-state index in [4.69, 9.17) is 11.6 Å². The summed E-state index contributed by atoms with van der Waals surface area (Å²) in [4.78, 5) is 2.51. The normalized spacial score (nSPS) is 24.6. The molecule has 0 aromatic rings. The minimum atomic E-state index is 0.314. The quantitative estimate of drug-likeness (QED) is 0.549. The van der Waals surface area contributed by atoms with E-state index in [0.29, 0.717) is 5.38 Å². The summed E-state index contributed by atoms with van der Waals surface area (Å²) in [6.45, 7) is 5.54. The highest BCUT2D eigenvalue weighted by molar-refractivity contribution is 6.20. The van der Waals surface area contributed by atoms with E-state index in [1.807, 2.05) is 0 Å². The first-order valence-electron chi connectivity index (χ1n) is 6.79. The van der Waals surface area contributed by atoms with Crippen molar-refractivity contribution < 1.29 is 0 Å². The van der Waals surface area contributed by atoms with Crippen LogP contribution in [0.2, 0.25) is 0 Å². The summed E-state index contributed by atoms with van der Waals surface area (Å²) in [7, 11) is 2.26. The van der Waals surface area contributed by atoms with Crippen molar-refractivity contribution >= 4 is 11.6 Å². The Labute approximate surface area is 106 Å². The molecule has 0 bridgehead atoms. The molecule has 2 unspecified atom stereocenters. The second-order valence-corrected chi connectivity index (χ2v) is 5.63. The molecule has 0 aliphatic carbocycles. The summed E-state index contributed by atoms with van der Waals surface area (Å²) in [6.07, 6.45) is 7.73. The predicted molar refractivity (Wildman–Crippen MR) is 72.3 cm³/mol. The summed E-state index contributed by atoms with van der Waals surface area (Å²) in [5.74, 6) is 0. The fraction of sp³-hybridized carbons (Fsp3) is 1.00. The Morgan fingerprint density at radius 1 is 1.44 bits per heavy atom. The average molecular weight is 247 g/mol. The molecular weight excluding hydrogens is 220 g/mol. The summed E-state index contributed by atoms with van der Waals surface area (Å²) >= 11 is 6.16. The van der Waals surface area contributed by atoms with Crippen molar-refractivity contribution in [2.45, 2.75) is 56.9 Å². The minimum absolute atomic E-state index is 0.314. The third-order valence-corrected chi connectivity index (χ3v) is 3.92. The lowest BCUT2D eigenvalue weighted by atomic mass is 10.0. The predicted octanol–water partition coefficient (Wildman–Crippen LogP) is 2.86. The molecule has 0 amide bonds. The topological polar surface area (TPSA) is 15.3 Å². The highest BCUT2D eigenvalue weighted by Gasteiger charge is 2.17. The molecule has 0 radical (unpaired) electrons. The molecule has 1 saturated heterocycles. The maximum atomic E-state index is 6.16. The smallest absolute Gasteiger partial charge is 0.0460 e. The van der Waals surface area contributed by atoms with Crippen LogP contribution in [0.5, 0.6) is 0 Å². The van der Waals surface area contributed by atoms with E-state index in [2.05, 4.69) is 24.2 Å². The van der Waals surface area contributed by atoms with Gasteiger partial charge in [-0.2, -0.15) is 0 Å². The summed E-state index contributed by atoms with van der Waals surface area (Å²) in [6, 6.07) is 0.793. The zero-order valence-corrected chi connectivity index (χ0v) is 11.6. The molecule has 0 saturated carbocycles. The van der Waals surface area contributed by atoms with Gasteiger partial charge in [-0.15, -0.1) is 11.6 Å². The SMILES string of the molecule is CCCC(Cl)CNCCC1CCCCN1C. The molecule has 2 nitrogen and oxygen atoms in total. The van der Waals surface area contributed by atoms with Crippen LogP contribution in [0.4, 0.5) is 0 Å². The zero-order chi connectivity index (χ0) is 11.8. The van der Waals surface area contributed by atoms with E-state index >= 15 is 0 Å². The van der Waals surface area contributed by atoms with E-state index in [1.54, 1.807) is 0 Å². The van der Waals surface area contributed by atoms with Crippen LogP contribution in [-0.4, -0.2) is 43.0 Å². The van der Waals surface area contributed by atoms with Gasteiger partial charge in [-0.05, 0) is 45.8 Å². The number of nitrogens with zero attached hydrogens (tertiary/aromatic N) is 1. The molecule has 96 valence electrons. The lowest BCUT2D eigenvalue weighted by molar-refractivity contribution is 0.175. The van der Waals surface area contributed by atoms with Gasteiger partial charge in [0.1, 0.15) is 0 Å². The van der Waals surface area contributed by atoms with Gasteiger partial charge in [-0.25, -0.2) is 0 Å². The number of nitrogens with one attached hydrogen (secondary N) is 1. The Hall–Kier alpha value is 0.210. The van der Waals surface area contributed by atoms with Crippen molar-refractivity contribution in [1.82, 2.24) is 10.2 Å². The maximum absolute atomic E-state index is 6.16. The molecule has 2 atom stereocenters. The van der Waals surface area contributed by atoms with Gasteiger partial charge in [0.05, 0.1) is 0 Å². The molecule has 1 aliphatic rings. The van der Waals surface area contributed by atoms with Crippen LogP contribution in [0.3, 0.4) is 0 Å². The maximum Gasteiger partial charge on any atom is 0.0460 e. The molecule has 16 heavy (non-hydrogen) atoms. The van der Waals surface area contributed by atoms with E-state index in [-0.39, 0.29) is 0 Å². The molecule has 0 aromatic heterocycles. The zero-order valence-electron chi connectivity index (χ0n) is 10.8. The first-order valence-corrected chi connectivity index (χ1v) is 7.22. The number of piperidine rings is 1.